The van der Waals surface area contributed by atoms with Crippen molar-refractivity contribution in [1.29, 1.82) is 0 Å². The second-order valence-corrected chi connectivity index (χ2v) is 6.60. The molecular weight excluding hydrogens is 318 g/mol. The van der Waals surface area contributed by atoms with Crippen molar-refractivity contribution in [3.8, 4) is 0 Å². The minimum atomic E-state index is -0.143. The molecule has 0 radical (unpaired) electrons. The van der Waals surface area contributed by atoms with Gasteiger partial charge in [0.25, 0.3) is 11.7 Å². The number of carbonyl (C=O) groups is 1. The second-order valence-electron chi connectivity index (χ2n) is 6.60. The highest BCUT2D eigenvalue weighted by Crippen LogP contribution is 2.36. The Bertz CT molecular complexity index is 971. The summed E-state index contributed by atoms with van der Waals surface area (Å²) in [6.45, 7) is 6.67. The van der Waals surface area contributed by atoms with Crippen molar-refractivity contribution in [2.75, 3.05) is 6.54 Å². The van der Waals surface area contributed by atoms with E-state index in [1.165, 1.54) is 0 Å². The molecule has 1 atom stereocenters. The number of hydrogen-bond acceptors (Lipinski definition) is 5. The lowest BCUT2D eigenvalue weighted by Gasteiger charge is -2.24. The highest BCUT2D eigenvalue weighted by atomic mass is 16.2. The van der Waals surface area contributed by atoms with Crippen LogP contribution in [0.5, 0.6) is 0 Å². The van der Waals surface area contributed by atoms with Gasteiger partial charge in [-0.1, -0.05) is 0 Å². The van der Waals surface area contributed by atoms with Crippen LogP contribution in [0.2, 0.25) is 0 Å². The average Bonchev–Trinajstić information content (AvgIpc) is 3.26. The van der Waals surface area contributed by atoms with Gasteiger partial charge in [-0.15, -0.1) is 5.10 Å². The normalized spacial score (nSPS) is 17.6. The zero-order valence-corrected chi connectivity index (χ0v) is 14.9. The molecular formula is C17H21N7O. The Balaban J connectivity index is 1.72. The molecule has 4 rings (SSSR count). The number of hydrogen-bond donors (Lipinski definition) is 0. The Kier molecular flexibility index (Phi) is 3.55. The predicted molar refractivity (Wildman–Crippen MR) is 91.2 cm³/mol. The molecule has 8 nitrogen and oxygen atoms in total. The third-order valence-electron chi connectivity index (χ3n) is 5.03. The quantitative estimate of drug-likeness (QED) is 0.710. The molecule has 1 unspecified atom stereocenters. The number of fused-ring (bicyclic) bond motifs is 1. The number of carbonyl (C=O) groups excluding carboxylic acids is 1. The van der Waals surface area contributed by atoms with E-state index in [0.717, 1.165) is 35.5 Å². The van der Waals surface area contributed by atoms with Gasteiger partial charge in [-0.2, -0.15) is 10.1 Å². The molecule has 0 aromatic carbocycles. The van der Waals surface area contributed by atoms with Crippen LogP contribution in [0.4, 0.5) is 0 Å². The molecule has 1 saturated heterocycles. The summed E-state index contributed by atoms with van der Waals surface area (Å²) >= 11 is 0. The number of amides is 1. The number of nitrogens with zero attached hydrogens (tertiary/aromatic N) is 7. The fourth-order valence-electron chi connectivity index (χ4n) is 3.71. The standard InChI is InChI=1S/C17H21N7O/c1-10-7-8-18-17-19-15(21-24(10)17)16(25)23-9-5-6-13(23)14-11(2)20-22(4)12(14)3/h7-8,13H,5-6,9H2,1-4H3. The Morgan fingerprint density at radius 1 is 1.24 bits per heavy atom. The highest BCUT2D eigenvalue weighted by molar-refractivity contribution is 5.91. The van der Waals surface area contributed by atoms with Crippen molar-refractivity contribution in [1.82, 2.24) is 34.3 Å². The Labute approximate surface area is 145 Å². The van der Waals surface area contributed by atoms with Gasteiger partial charge in [0.2, 0.25) is 5.82 Å². The van der Waals surface area contributed by atoms with Gasteiger partial charge in [0.15, 0.2) is 0 Å². The van der Waals surface area contributed by atoms with E-state index in [1.54, 1.807) is 10.7 Å². The zero-order valence-electron chi connectivity index (χ0n) is 14.9. The third-order valence-corrected chi connectivity index (χ3v) is 5.03. The molecule has 0 N–H and O–H groups in total. The molecule has 4 heterocycles. The molecule has 25 heavy (non-hydrogen) atoms. The molecule has 0 aliphatic carbocycles. The summed E-state index contributed by atoms with van der Waals surface area (Å²) in [5, 5.41) is 8.87. The summed E-state index contributed by atoms with van der Waals surface area (Å²) in [4.78, 5) is 23.5. The van der Waals surface area contributed by atoms with Crippen LogP contribution in [0, 0.1) is 20.8 Å². The first-order valence-electron chi connectivity index (χ1n) is 8.47. The van der Waals surface area contributed by atoms with E-state index in [2.05, 4.69) is 20.2 Å². The van der Waals surface area contributed by atoms with E-state index in [4.69, 9.17) is 0 Å². The number of aromatic nitrogens is 6. The molecule has 1 amide bonds. The van der Waals surface area contributed by atoms with E-state index in [1.807, 2.05) is 43.5 Å². The van der Waals surface area contributed by atoms with Gasteiger partial charge < -0.3 is 4.90 Å². The monoisotopic (exact) mass is 339 g/mol. The molecule has 1 aliphatic heterocycles. The van der Waals surface area contributed by atoms with Gasteiger partial charge in [-0.25, -0.2) is 9.50 Å². The lowest BCUT2D eigenvalue weighted by Crippen LogP contribution is -2.32. The first kappa shape index (κ1) is 15.7. The second kappa shape index (κ2) is 5.65. The summed E-state index contributed by atoms with van der Waals surface area (Å²) in [7, 11) is 1.94. The fraction of sp³-hybridized carbons (Fsp3) is 0.471. The van der Waals surface area contributed by atoms with Crippen molar-refractivity contribution in [3.63, 3.8) is 0 Å². The largest absolute Gasteiger partial charge is 0.329 e. The van der Waals surface area contributed by atoms with Crippen LogP contribution in [0.1, 0.15) is 52.1 Å². The number of likely N-dealkylation sites (tertiary alicyclic amines) is 1. The fourth-order valence-corrected chi connectivity index (χ4v) is 3.71. The van der Waals surface area contributed by atoms with Crippen molar-refractivity contribution < 1.29 is 4.79 Å². The predicted octanol–water partition coefficient (Wildman–Crippen LogP) is 1.76. The van der Waals surface area contributed by atoms with Crippen LogP contribution >= 0.6 is 0 Å². The Morgan fingerprint density at radius 3 is 2.72 bits per heavy atom. The van der Waals surface area contributed by atoms with Crippen LogP contribution in [0.3, 0.4) is 0 Å². The summed E-state index contributed by atoms with van der Waals surface area (Å²) in [5.74, 6) is 0.510. The highest BCUT2D eigenvalue weighted by Gasteiger charge is 2.35. The number of rotatable bonds is 2. The summed E-state index contributed by atoms with van der Waals surface area (Å²) in [6, 6.07) is 1.87. The van der Waals surface area contributed by atoms with Crippen molar-refractivity contribution >= 4 is 11.7 Å². The van der Waals surface area contributed by atoms with Gasteiger partial charge in [-0.05, 0) is 39.7 Å². The smallest absolute Gasteiger partial charge is 0.294 e. The average molecular weight is 339 g/mol. The van der Waals surface area contributed by atoms with Gasteiger partial charge in [0.1, 0.15) is 0 Å². The van der Waals surface area contributed by atoms with Crippen molar-refractivity contribution in [2.24, 2.45) is 7.05 Å². The third kappa shape index (κ3) is 2.40. The van der Waals surface area contributed by atoms with Crippen molar-refractivity contribution in [2.45, 2.75) is 39.7 Å². The zero-order chi connectivity index (χ0) is 17.7. The maximum Gasteiger partial charge on any atom is 0.294 e. The van der Waals surface area contributed by atoms with Crippen LogP contribution in [-0.2, 0) is 7.05 Å². The summed E-state index contributed by atoms with van der Waals surface area (Å²) < 4.78 is 3.49. The lowest BCUT2D eigenvalue weighted by molar-refractivity contribution is 0.0723. The Hall–Kier alpha value is -2.77. The molecule has 130 valence electrons. The molecule has 8 heteroatoms. The van der Waals surface area contributed by atoms with E-state index < -0.39 is 0 Å². The van der Waals surface area contributed by atoms with Gasteiger partial charge in [0.05, 0.1) is 11.7 Å². The topological polar surface area (TPSA) is 81.2 Å². The molecule has 0 bridgehead atoms. The van der Waals surface area contributed by atoms with Gasteiger partial charge >= 0.3 is 0 Å². The van der Waals surface area contributed by atoms with Gasteiger partial charge in [-0.3, -0.25) is 9.48 Å². The molecule has 3 aromatic heterocycles. The maximum absolute atomic E-state index is 13.1. The van der Waals surface area contributed by atoms with E-state index in [-0.39, 0.29) is 17.8 Å². The minimum Gasteiger partial charge on any atom is -0.329 e. The van der Waals surface area contributed by atoms with E-state index in [9.17, 15) is 4.79 Å². The SMILES string of the molecule is Cc1nn(C)c(C)c1C1CCCN1C(=O)c1nc2nccc(C)n2n1. The van der Waals surface area contributed by atoms with E-state index >= 15 is 0 Å². The first-order chi connectivity index (χ1) is 12.0. The maximum atomic E-state index is 13.1. The first-order valence-corrected chi connectivity index (χ1v) is 8.47. The Morgan fingerprint density at radius 2 is 2.04 bits per heavy atom. The summed E-state index contributed by atoms with van der Waals surface area (Å²) in [6.07, 6.45) is 3.58. The van der Waals surface area contributed by atoms with Crippen LogP contribution in [0.15, 0.2) is 12.3 Å². The molecule has 0 saturated carbocycles. The number of aryl methyl sites for hydroxylation is 3. The van der Waals surface area contributed by atoms with Crippen molar-refractivity contribution in [3.05, 3.63) is 40.7 Å². The van der Waals surface area contributed by atoms with Crippen LogP contribution < -0.4 is 0 Å². The van der Waals surface area contributed by atoms with Gasteiger partial charge in [0, 0.05) is 36.7 Å². The summed E-state index contributed by atoms with van der Waals surface area (Å²) in [5.41, 5.74) is 4.12. The van der Waals surface area contributed by atoms with E-state index in [0.29, 0.717) is 12.3 Å². The molecule has 0 spiro atoms. The lowest BCUT2D eigenvalue weighted by atomic mass is 10.0. The van der Waals surface area contributed by atoms with Crippen LogP contribution in [-0.4, -0.2) is 46.7 Å². The minimum absolute atomic E-state index is 0.0295. The van der Waals surface area contributed by atoms with Crippen LogP contribution in [0.25, 0.3) is 5.78 Å². The molecule has 3 aromatic rings. The molecule has 1 fully saturated rings. The molecule has 1 aliphatic rings.